The molecule has 0 fully saturated rings. The lowest BCUT2D eigenvalue weighted by Crippen LogP contribution is -2.28. The van der Waals surface area contributed by atoms with E-state index in [9.17, 15) is 9.90 Å². The second kappa shape index (κ2) is 8.32. The highest BCUT2D eigenvalue weighted by atomic mass is 16.5. The topological polar surface area (TPSA) is 68.7 Å². The Morgan fingerprint density at radius 3 is 2.31 bits per heavy atom. The van der Waals surface area contributed by atoms with E-state index in [1.165, 1.54) is 5.56 Å². The van der Waals surface area contributed by atoms with Crippen LogP contribution in [0.5, 0.6) is 5.75 Å². The minimum atomic E-state index is -1.17. The Hall–Kier alpha value is -3.96. The van der Waals surface area contributed by atoms with Crippen LogP contribution in [0.2, 0.25) is 0 Å². The van der Waals surface area contributed by atoms with Crippen molar-refractivity contribution in [2.24, 2.45) is 0 Å². The van der Waals surface area contributed by atoms with Crippen LogP contribution in [0.3, 0.4) is 0 Å². The number of aliphatic carboxylic acids is 1. The van der Waals surface area contributed by atoms with Gasteiger partial charge >= 0.3 is 5.97 Å². The zero-order valence-corrected chi connectivity index (χ0v) is 20.5. The van der Waals surface area contributed by atoms with Crippen LogP contribution < -0.4 is 4.74 Å². The van der Waals surface area contributed by atoms with E-state index in [0.717, 1.165) is 55.7 Å². The minimum Gasteiger partial charge on any atom is -0.493 e. The Balaban J connectivity index is 1.81. The van der Waals surface area contributed by atoms with Crippen LogP contribution in [0.1, 0.15) is 38.0 Å². The number of hydrogen-bond acceptors (Lipinski definition) is 4. The van der Waals surface area contributed by atoms with Crippen molar-refractivity contribution in [2.75, 3.05) is 6.61 Å². The lowest BCUT2D eigenvalue weighted by molar-refractivity contribution is -0.160. The van der Waals surface area contributed by atoms with E-state index in [0.29, 0.717) is 12.2 Å². The van der Waals surface area contributed by atoms with E-state index in [4.69, 9.17) is 14.5 Å². The number of pyridine rings is 1. The third-order valence-electron chi connectivity index (χ3n) is 6.77. The Morgan fingerprint density at radius 1 is 0.944 bits per heavy atom. The van der Waals surface area contributed by atoms with Gasteiger partial charge in [0.2, 0.25) is 0 Å². The van der Waals surface area contributed by atoms with Gasteiger partial charge in [0.1, 0.15) is 5.75 Å². The predicted molar refractivity (Wildman–Crippen MR) is 143 cm³/mol. The van der Waals surface area contributed by atoms with Gasteiger partial charge in [0.15, 0.2) is 6.10 Å². The molecule has 0 saturated heterocycles. The van der Waals surface area contributed by atoms with Crippen molar-refractivity contribution in [1.29, 1.82) is 0 Å². The van der Waals surface area contributed by atoms with Gasteiger partial charge in [-0.25, -0.2) is 4.79 Å². The number of fused-ring (bicyclic) bond motifs is 3. The first kappa shape index (κ1) is 22.5. The number of hydrogen-bond donors (Lipinski definition) is 1. The van der Waals surface area contributed by atoms with Gasteiger partial charge in [-0.05, 0) is 71.6 Å². The Bertz CT molecular complexity index is 1660. The number of benzene rings is 4. The molecule has 2 heterocycles. The van der Waals surface area contributed by atoms with Crippen LogP contribution in [0, 0.1) is 0 Å². The maximum absolute atomic E-state index is 12.8. The van der Waals surface area contributed by atoms with Crippen LogP contribution in [-0.4, -0.2) is 28.3 Å². The van der Waals surface area contributed by atoms with Gasteiger partial charge in [0.25, 0.3) is 0 Å². The molecule has 4 aromatic carbocycles. The predicted octanol–water partition coefficient (Wildman–Crippen LogP) is 7.08. The molecule has 0 bridgehead atoms. The third-order valence-corrected chi connectivity index (χ3v) is 6.77. The van der Waals surface area contributed by atoms with Crippen molar-refractivity contribution in [1.82, 2.24) is 4.98 Å². The van der Waals surface area contributed by atoms with Crippen LogP contribution in [0.15, 0.2) is 72.9 Å². The van der Waals surface area contributed by atoms with Crippen LogP contribution in [0.4, 0.5) is 0 Å². The molecule has 5 nitrogen and oxygen atoms in total. The van der Waals surface area contributed by atoms with Crippen LogP contribution in [-0.2, 0) is 16.0 Å². The fraction of sp³-hybridized carbons (Fsp3) is 0.226. The lowest BCUT2D eigenvalue weighted by atomic mass is 9.84. The molecule has 180 valence electrons. The van der Waals surface area contributed by atoms with Gasteiger partial charge in [-0.15, -0.1) is 0 Å². The van der Waals surface area contributed by atoms with E-state index in [1.807, 2.05) is 81.6 Å². The van der Waals surface area contributed by atoms with Crippen molar-refractivity contribution in [2.45, 2.75) is 38.9 Å². The second-order valence-corrected chi connectivity index (χ2v) is 10.2. The van der Waals surface area contributed by atoms with Crippen molar-refractivity contribution in [3.8, 4) is 16.9 Å². The summed E-state index contributed by atoms with van der Waals surface area (Å²) < 4.78 is 12.2. The van der Waals surface area contributed by atoms with Crippen molar-refractivity contribution >= 4 is 38.4 Å². The first-order valence-corrected chi connectivity index (χ1v) is 12.2. The van der Waals surface area contributed by atoms with Gasteiger partial charge in [-0.2, -0.15) is 0 Å². The molecule has 0 radical (unpaired) electrons. The third kappa shape index (κ3) is 3.59. The number of carboxylic acid groups (broad SMARTS) is 1. The molecule has 1 atom stereocenters. The average Bonchev–Trinajstić information content (AvgIpc) is 2.87. The zero-order valence-electron chi connectivity index (χ0n) is 20.5. The Morgan fingerprint density at radius 2 is 1.61 bits per heavy atom. The maximum atomic E-state index is 12.8. The lowest BCUT2D eigenvalue weighted by Gasteiger charge is -2.29. The smallest absolute Gasteiger partial charge is 0.337 e. The summed E-state index contributed by atoms with van der Waals surface area (Å²) in [5, 5.41) is 15.4. The molecule has 1 aliphatic rings. The highest BCUT2D eigenvalue weighted by Crippen LogP contribution is 2.47. The molecule has 1 aromatic heterocycles. The van der Waals surface area contributed by atoms with Crippen molar-refractivity contribution in [3.63, 3.8) is 0 Å². The molecule has 0 amide bonds. The summed E-state index contributed by atoms with van der Waals surface area (Å²) in [6.45, 7) is 6.28. The molecule has 5 aromatic rings. The van der Waals surface area contributed by atoms with E-state index in [-0.39, 0.29) is 0 Å². The van der Waals surface area contributed by atoms with Gasteiger partial charge in [0, 0.05) is 29.1 Å². The first-order chi connectivity index (χ1) is 17.3. The summed E-state index contributed by atoms with van der Waals surface area (Å²) in [6, 6.07) is 22.2. The van der Waals surface area contributed by atoms with Crippen molar-refractivity contribution in [3.05, 3.63) is 84.1 Å². The molecule has 36 heavy (non-hydrogen) atoms. The molecule has 1 N–H and O–H groups in total. The van der Waals surface area contributed by atoms with Crippen LogP contribution in [0.25, 0.3) is 43.6 Å². The van der Waals surface area contributed by atoms with E-state index >= 15 is 0 Å². The maximum Gasteiger partial charge on any atom is 0.337 e. The molecular formula is C31H27NO4. The molecule has 5 heteroatoms. The molecule has 6 rings (SSSR count). The number of carboxylic acids is 1. The minimum absolute atomic E-state index is 0.635. The summed E-state index contributed by atoms with van der Waals surface area (Å²) in [5.74, 6) is -0.207. The second-order valence-electron chi connectivity index (χ2n) is 10.2. The summed E-state index contributed by atoms with van der Waals surface area (Å²) in [7, 11) is 0. The van der Waals surface area contributed by atoms with E-state index in [1.54, 1.807) is 0 Å². The fourth-order valence-corrected chi connectivity index (χ4v) is 5.42. The molecule has 0 aliphatic carbocycles. The number of carbonyl (C=O) groups is 1. The van der Waals surface area contributed by atoms with Gasteiger partial charge in [0.05, 0.1) is 17.7 Å². The molecule has 0 spiro atoms. The van der Waals surface area contributed by atoms with Gasteiger partial charge in [-0.3, -0.25) is 4.98 Å². The van der Waals surface area contributed by atoms with Gasteiger partial charge < -0.3 is 14.6 Å². The van der Waals surface area contributed by atoms with Crippen LogP contribution >= 0.6 is 0 Å². The highest BCUT2D eigenvalue weighted by molar-refractivity contribution is 6.19. The molecule has 0 saturated carbocycles. The Labute approximate surface area is 209 Å². The van der Waals surface area contributed by atoms with E-state index < -0.39 is 17.7 Å². The summed E-state index contributed by atoms with van der Waals surface area (Å²) >= 11 is 0. The first-order valence-electron chi connectivity index (χ1n) is 12.2. The monoisotopic (exact) mass is 477 g/mol. The quantitative estimate of drug-likeness (QED) is 0.280. The molecular weight excluding hydrogens is 450 g/mol. The molecule has 1 aliphatic heterocycles. The average molecular weight is 478 g/mol. The standard InChI is InChI=1S/C31H27NO4/c1-31(2,3)36-29(30(33)34)27-22-11-7-5-9-20(22)19-8-4-6-10-21(19)26(27)23-12-13-24-25-18(15-17-35-24)14-16-32-28(23)25/h4-14,16,29H,15,17H2,1-3H3,(H,33,34). The number of rotatable bonds is 4. The normalized spacial score (nSPS) is 14.2. The SMILES string of the molecule is CC(C)(C)OC(C(=O)O)c1c(-c2ccc3c4c(ccnc24)CCO3)c2ccccc2c2ccccc12. The van der Waals surface area contributed by atoms with Crippen molar-refractivity contribution < 1.29 is 19.4 Å². The summed E-state index contributed by atoms with van der Waals surface area (Å²) in [4.78, 5) is 17.6. The number of nitrogens with zero attached hydrogens (tertiary/aromatic N) is 1. The number of aromatic nitrogens is 1. The fourth-order valence-electron chi connectivity index (χ4n) is 5.42. The zero-order chi connectivity index (χ0) is 25.0. The Kier molecular flexibility index (Phi) is 5.20. The highest BCUT2D eigenvalue weighted by Gasteiger charge is 2.33. The summed E-state index contributed by atoms with van der Waals surface area (Å²) in [5.41, 5.74) is 3.69. The molecule has 1 unspecified atom stereocenters. The van der Waals surface area contributed by atoms with Gasteiger partial charge in [-0.1, -0.05) is 48.5 Å². The largest absolute Gasteiger partial charge is 0.493 e. The number of ether oxygens (including phenoxy) is 2. The van der Waals surface area contributed by atoms with E-state index in [2.05, 4.69) is 12.1 Å². The summed E-state index contributed by atoms with van der Waals surface area (Å²) in [6.07, 6.45) is 1.47.